The summed E-state index contributed by atoms with van der Waals surface area (Å²) in [5.74, 6) is 0.276. The van der Waals surface area contributed by atoms with Crippen LogP contribution < -0.4 is 10.2 Å². The summed E-state index contributed by atoms with van der Waals surface area (Å²) in [6, 6.07) is 13.3. The summed E-state index contributed by atoms with van der Waals surface area (Å²) in [5, 5.41) is 17.5. The second kappa shape index (κ2) is 10.5. The number of hydrogen-bond donors (Lipinski definition) is 3. The van der Waals surface area contributed by atoms with Crippen LogP contribution in [-0.4, -0.2) is 59.9 Å². The maximum absolute atomic E-state index is 13.6. The van der Waals surface area contributed by atoms with Gasteiger partial charge in [-0.3, -0.25) is 13.9 Å². The minimum Gasteiger partial charge on any atom is -0.368 e. The van der Waals surface area contributed by atoms with E-state index in [1.807, 2.05) is 30.5 Å². The number of carbonyl (C=O) groups is 1. The lowest BCUT2D eigenvalue weighted by Gasteiger charge is -2.41. The number of nitrogens with one attached hydrogen (secondary N) is 1. The maximum atomic E-state index is 13.6. The van der Waals surface area contributed by atoms with E-state index in [4.69, 9.17) is 5.10 Å². The average molecular weight is 565 g/mol. The third kappa shape index (κ3) is 5.44. The molecule has 1 saturated heterocycles. The highest BCUT2D eigenvalue weighted by atomic mass is 32.3. The molecule has 2 atom stereocenters. The number of benzene rings is 1. The first-order chi connectivity index (χ1) is 19.3. The third-order valence-electron chi connectivity index (χ3n) is 8.39. The van der Waals surface area contributed by atoms with Crippen LogP contribution in [0.15, 0.2) is 48.8 Å². The summed E-state index contributed by atoms with van der Waals surface area (Å²) in [6.45, 7) is 1.17. The Morgan fingerprint density at radius 1 is 1.10 bits per heavy atom. The van der Waals surface area contributed by atoms with Crippen LogP contribution in [0.3, 0.4) is 0 Å². The van der Waals surface area contributed by atoms with E-state index in [9.17, 15) is 23.6 Å². The molecule has 0 radical (unpaired) electrons. The van der Waals surface area contributed by atoms with E-state index in [0.717, 1.165) is 54.4 Å². The van der Waals surface area contributed by atoms with Crippen molar-refractivity contribution < 1.29 is 18.3 Å². The molecule has 0 spiro atoms. The smallest absolute Gasteiger partial charge is 0.225 e. The number of amides is 1. The van der Waals surface area contributed by atoms with Gasteiger partial charge in [0.25, 0.3) is 0 Å². The van der Waals surface area contributed by atoms with E-state index in [-0.39, 0.29) is 17.7 Å². The number of nitrogens with zero attached hydrogens (tertiary/aromatic N) is 5. The molecule has 9 nitrogen and oxygen atoms in total. The number of pyridine rings is 1. The Hall–Kier alpha value is -3.46. The molecule has 2 aromatic heterocycles. The lowest BCUT2D eigenvalue weighted by Crippen LogP contribution is -2.42. The van der Waals surface area contributed by atoms with Crippen LogP contribution in [0.5, 0.6) is 0 Å². The van der Waals surface area contributed by atoms with E-state index in [1.165, 1.54) is 6.07 Å². The Bertz CT molecular complexity index is 1420. The molecule has 0 bridgehead atoms. The number of rotatable bonds is 6. The van der Waals surface area contributed by atoms with Crippen molar-refractivity contribution in [2.24, 2.45) is 5.92 Å². The zero-order valence-electron chi connectivity index (χ0n) is 22.2. The fraction of sp³-hybridized carbons (Fsp3) is 0.448. The summed E-state index contributed by atoms with van der Waals surface area (Å²) >= 11 is 0. The van der Waals surface area contributed by atoms with Crippen molar-refractivity contribution in [3.05, 3.63) is 60.3 Å². The standard InChI is InChI=1S/C29H33FN6O3S/c30-21-7-10-26(32-17-21)36-18-25(20-5-8-22(9-6-20)35-13-15-40(38,39)16-14-35)27(34-36)23-3-1-2-4-24(23)28(37)33-29(19-31)11-12-29/h5-10,17-18,23-24,38-39H,1-4,11-16H2,(H,33,37)/t23-,24-/m1/s1. The zero-order valence-corrected chi connectivity index (χ0v) is 23.0. The third-order valence-corrected chi connectivity index (χ3v) is 10.1. The first-order valence-electron chi connectivity index (χ1n) is 13.8. The van der Waals surface area contributed by atoms with E-state index in [1.54, 1.807) is 10.7 Å². The Morgan fingerprint density at radius 3 is 2.48 bits per heavy atom. The Balaban J connectivity index is 1.34. The minimum absolute atomic E-state index is 0.0874. The average Bonchev–Trinajstić information content (AvgIpc) is 3.60. The van der Waals surface area contributed by atoms with Gasteiger partial charge in [-0.15, -0.1) is 0 Å². The van der Waals surface area contributed by atoms with E-state index in [0.29, 0.717) is 43.3 Å². The van der Waals surface area contributed by atoms with Crippen molar-refractivity contribution in [1.82, 2.24) is 20.1 Å². The van der Waals surface area contributed by atoms with Crippen molar-refractivity contribution >= 4 is 22.2 Å². The van der Waals surface area contributed by atoms with Crippen LogP contribution >= 0.6 is 10.6 Å². The maximum Gasteiger partial charge on any atom is 0.225 e. The molecule has 1 amide bonds. The molecule has 2 aliphatic carbocycles. The number of carbonyl (C=O) groups excluding carboxylic acids is 1. The Kier molecular flexibility index (Phi) is 7.02. The van der Waals surface area contributed by atoms with Crippen molar-refractivity contribution in [2.75, 3.05) is 29.5 Å². The largest absolute Gasteiger partial charge is 0.368 e. The van der Waals surface area contributed by atoms with Gasteiger partial charge in [0.1, 0.15) is 11.4 Å². The summed E-state index contributed by atoms with van der Waals surface area (Å²) in [5.41, 5.74) is 2.91. The van der Waals surface area contributed by atoms with Gasteiger partial charge in [-0.2, -0.15) is 21.0 Å². The quantitative estimate of drug-likeness (QED) is 0.381. The molecule has 40 heavy (non-hydrogen) atoms. The topological polar surface area (TPSA) is 127 Å². The monoisotopic (exact) mass is 564 g/mol. The number of anilines is 1. The van der Waals surface area contributed by atoms with Gasteiger partial charge in [-0.05, 0) is 55.5 Å². The fourth-order valence-electron chi connectivity index (χ4n) is 5.83. The number of aromatic nitrogens is 3. The van der Waals surface area contributed by atoms with Crippen LogP contribution in [0.25, 0.3) is 16.9 Å². The van der Waals surface area contributed by atoms with Gasteiger partial charge in [-0.1, -0.05) is 25.0 Å². The Morgan fingerprint density at radius 2 is 1.82 bits per heavy atom. The molecule has 2 saturated carbocycles. The van der Waals surface area contributed by atoms with Gasteiger partial charge >= 0.3 is 0 Å². The lowest BCUT2D eigenvalue weighted by molar-refractivity contribution is -0.127. The SMILES string of the molecule is N#CC1(NC(=O)[C@@H]2CCCC[C@H]2c2nn(-c3ccc(F)cn3)cc2-c2ccc(N3CCS(O)(O)CC3)cc2)CC1. The second-order valence-corrected chi connectivity index (χ2v) is 13.6. The van der Waals surface area contributed by atoms with Crippen molar-refractivity contribution in [3.63, 3.8) is 0 Å². The summed E-state index contributed by atoms with van der Waals surface area (Å²) in [6.07, 6.45) is 7.87. The van der Waals surface area contributed by atoms with Crippen LogP contribution in [-0.2, 0) is 4.79 Å². The molecule has 3 N–H and O–H groups in total. The molecule has 1 aliphatic heterocycles. The normalized spacial score (nSPS) is 24.1. The molecule has 0 unspecified atom stereocenters. The van der Waals surface area contributed by atoms with Crippen molar-refractivity contribution in [3.8, 4) is 23.0 Å². The van der Waals surface area contributed by atoms with Gasteiger partial charge in [0.15, 0.2) is 5.82 Å². The molecule has 3 aromatic rings. The molecule has 6 rings (SSSR count). The molecule has 3 heterocycles. The first-order valence-corrected chi connectivity index (χ1v) is 15.7. The van der Waals surface area contributed by atoms with Gasteiger partial charge in [0.05, 0.1) is 29.5 Å². The molecular formula is C29H33FN6O3S. The molecule has 3 aliphatic rings. The first kappa shape index (κ1) is 26.7. The highest BCUT2D eigenvalue weighted by Gasteiger charge is 2.47. The number of halogens is 1. The van der Waals surface area contributed by atoms with Gasteiger partial charge < -0.3 is 10.2 Å². The van der Waals surface area contributed by atoms with E-state index >= 15 is 0 Å². The Labute approximate surface area is 234 Å². The van der Waals surface area contributed by atoms with Gasteiger partial charge in [-0.25, -0.2) is 14.1 Å². The molecular weight excluding hydrogens is 531 g/mol. The van der Waals surface area contributed by atoms with Crippen LogP contribution in [0, 0.1) is 23.1 Å². The predicted octanol–water partition coefficient (Wildman–Crippen LogP) is 5.09. The zero-order chi connectivity index (χ0) is 27.9. The van der Waals surface area contributed by atoms with Crippen molar-refractivity contribution in [1.29, 1.82) is 5.26 Å². The summed E-state index contributed by atoms with van der Waals surface area (Å²) in [7, 11) is -2.47. The minimum atomic E-state index is -2.47. The summed E-state index contributed by atoms with van der Waals surface area (Å²) in [4.78, 5) is 19.8. The predicted molar refractivity (Wildman–Crippen MR) is 152 cm³/mol. The second-order valence-electron chi connectivity index (χ2n) is 11.1. The van der Waals surface area contributed by atoms with Crippen molar-refractivity contribution in [2.45, 2.75) is 50.0 Å². The lowest BCUT2D eigenvalue weighted by atomic mass is 9.75. The van der Waals surface area contributed by atoms with Gasteiger partial charge in [0, 0.05) is 42.4 Å². The van der Waals surface area contributed by atoms with Crippen LogP contribution in [0.2, 0.25) is 0 Å². The molecule has 210 valence electrons. The number of nitriles is 1. The fourth-order valence-corrected chi connectivity index (χ4v) is 7.06. The molecule has 3 fully saturated rings. The van der Waals surface area contributed by atoms with Gasteiger partial charge in [0.2, 0.25) is 5.91 Å². The molecule has 1 aromatic carbocycles. The summed E-state index contributed by atoms with van der Waals surface area (Å²) < 4.78 is 35.2. The van der Waals surface area contributed by atoms with E-state index < -0.39 is 21.9 Å². The number of hydrogen-bond acceptors (Lipinski definition) is 7. The highest BCUT2D eigenvalue weighted by molar-refractivity contribution is 8.24. The highest BCUT2D eigenvalue weighted by Crippen LogP contribution is 2.44. The van der Waals surface area contributed by atoms with E-state index in [2.05, 4.69) is 21.3 Å². The molecule has 11 heteroatoms. The van der Waals surface area contributed by atoms with Crippen LogP contribution in [0.4, 0.5) is 10.1 Å². The van der Waals surface area contributed by atoms with Crippen LogP contribution in [0.1, 0.15) is 50.1 Å².